The Bertz CT molecular complexity index is 1060. The zero-order chi connectivity index (χ0) is 17.4. The number of aryl methyl sites for hydroxylation is 1. The summed E-state index contributed by atoms with van der Waals surface area (Å²) in [6.07, 6.45) is 1.47. The van der Waals surface area contributed by atoms with Crippen LogP contribution in [0.4, 0.5) is 0 Å². The number of hydrogen-bond acceptors (Lipinski definition) is 2. The molecule has 0 fully saturated rings. The number of halogens is 1. The molecule has 4 nitrogen and oxygen atoms in total. The van der Waals surface area contributed by atoms with Gasteiger partial charge in [0.25, 0.3) is 0 Å². The molecule has 0 N–H and O–H groups in total. The van der Waals surface area contributed by atoms with Crippen LogP contribution >= 0.6 is 12.4 Å². The summed E-state index contributed by atoms with van der Waals surface area (Å²) in [4.78, 5) is 17.7. The van der Waals surface area contributed by atoms with Crippen molar-refractivity contribution in [3.05, 3.63) is 60.3 Å². The third kappa shape index (κ3) is 2.71. The number of rotatable bonds is 5. The highest BCUT2D eigenvalue weighted by atomic mass is 35.5. The van der Waals surface area contributed by atoms with E-state index < -0.39 is 0 Å². The van der Waals surface area contributed by atoms with Crippen molar-refractivity contribution in [3.63, 3.8) is 0 Å². The van der Waals surface area contributed by atoms with E-state index in [1.54, 1.807) is 0 Å². The summed E-state index contributed by atoms with van der Waals surface area (Å²) in [5, 5.41) is 0. The molecule has 0 saturated heterocycles. The molecule has 0 unspecified atom stereocenters. The molecule has 0 radical (unpaired) electrons. The lowest BCUT2D eigenvalue weighted by molar-refractivity contribution is 0.0983. The van der Waals surface area contributed by atoms with Crippen LogP contribution < -0.4 is 0 Å². The number of carbonyl (C=O) groups is 1. The second kappa shape index (κ2) is 7.34. The predicted molar refractivity (Wildman–Crippen MR) is 108 cm³/mol. The molecule has 0 saturated carbocycles. The average Bonchev–Trinajstić information content (AvgIpc) is 3.18. The van der Waals surface area contributed by atoms with Crippen LogP contribution in [0.2, 0.25) is 0 Å². The molecule has 0 amide bonds. The molecule has 0 atom stereocenters. The van der Waals surface area contributed by atoms with Crippen LogP contribution in [0.5, 0.6) is 0 Å². The lowest BCUT2D eigenvalue weighted by Gasteiger charge is -2.04. The summed E-state index contributed by atoms with van der Waals surface area (Å²) < 4.78 is 4.26. The van der Waals surface area contributed by atoms with E-state index in [1.165, 1.54) is 0 Å². The van der Waals surface area contributed by atoms with Crippen LogP contribution in [0.15, 0.2) is 54.6 Å². The Morgan fingerprint density at radius 2 is 1.62 bits per heavy atom. The molecule has 4 rings (SSSR count). The number of nitrogens with zero attached hydrogens (tertiary/aromatic N) is 3. The van der Waals surface area contributed by atoms with Gasteiger partial charge in [-0.25, -0.2) is 4.98 Å². The Morgan fingerprint density at radius 3 is 2.27 bits per heavy atom. The minimum absolute atomic E-state index is 0. The van der Waals surface area contributed by atoms with E-state index in [1.807, 2.05) is 53.8 Å². The molecule has 2 heterocycles. The number of aromatic nitrogens is 3. The molecule has 0 spiro atoms. The Balaban J connectivity index is 0.00000196. The molecular formula is C21H22ClN3O. The maximum Gasteiger partial charge on any atom is 0.216 e. The summed E-state index contributed by atoms with van der Waals surface area (Å²) in [5.41, 5.74) is 4.61. The lowest BCUT2D eigenvalue weighted by Crippen LogP contribution is -2.03. The Labute approximate surface area is 158 Å². The molecule has 0 bridgehead atoms. The summed E-state index contributed by atoms with van der Waals surface area (Å²) in [6, 6.07) is 18.2. The van der Waals surface area contributed by atoms with Crippen molar-refractivity contribution in [2.75, 3.05) is 0 Å². The van der Waals surface area contributed by atoms with Gasteiger partial charge in [-0.2, -0.15) is 0 Å². The minimum Gasteiger partial charge on any atom is -0.310 e. The molecule has 0 aliphatic rings. The Hall–Kier alpha value is -2.59. The zero-order valence-electron chi connectivity index (χ0n) is 15.0. The Morgan fingerprint density at radius 1 is 0.962 bits per heavy atom. The second-order valence-corrected chi connectivity index (χ2v) is 6.23. The van der Waals surface area contributed by atoms with E-state index in [0.29, 0.717) is 12.1 Å². The van der Waals surface area contributed by atoms with Gasteiger partial charge in [-0.3, -0.25) is 9.20 Å². The normalized spacial score (nSPS) is 11.0. The first-order valence-electron chi connectivity index (χ1n) is 8.84. The summed E-state index contributed by atoms with van der Waals surface area (Å²) in [7, 11) is 0. The van der Waals surface area contributed by atoms with Crippen molar-refractivity contribution in [2.24, 2.45) is 0 Å². The summed E-state index contributed by atoms with van der Waals surface area (Å²) in [5.74, 6) is 0.962. The van der Waals surface area contributed by atoms with Crippen LogP contribution in [0, 0.1) is 0 Å². The third-order valence-corrected chi connectivity index (χ3v) is 4.59. The van der Waals surface area contributed by atoms with E-state index >= 15 is 0 Å². The van der Waals surface area contributed by atoms with Gasteiger partial charge in [-0.15, -0.1) is 12.4 Å². The predicted octanol–water partition coefficient (Wildman–Crippen LogP) is 5.38. The van der Waals surface area contributed by atoms with Crippen LogP contribution in [0.3, 0.4) is 0 Å². The second-order valence-electron chi connectivity index (χ2n) is 6.23. The molecular weight excluding hydrogens is 346 g/mol. The highest BCUT2D eigenvalue weighted by Gasteiger charge is 2.24. The van der Waals surface area contributed by atoms with Crippen LogP contribution in [0.25, 0.3) is 28.1 Å². The van der Waals surface area contributed by atoms with Gasteiger partial charge in [-0.1, -0.05) is 56.3 Å². The van der Waals surface area contributed by atoms with E-state index in [9.17, 15) is 4.79 Å². The smallest absolute Gasteiger partial charge is 0.216 e. The zero-order valence-corrected chi connectivity index (χ0v) is 15.8. The van der Waals surface area contributed by atoms with E-state index in [-0.39, 0.29) is 18.2 Å². The van der Waals surface area contributed by atoms with Crippen molar-refractivity contribution < 1.29 is 4.79 Å². The monoisotopic (exact) mass is 367 g/mol. The topological polar surface area (TPSA) is 39.3 Å². The van der Waals surface area contributed by atoms with Gasteiger partial charge in [0.2, 0.25) is 5.78 Å². The number of imidazole rings is 2. The van der Waals surface area contributed by atoms with Gasteiger partial charge >= 0.3 is 0 Å². The third-order valence-electron chi connectivity index (χ3n) is 4.59. The van der Waals surface area contributed by atoms with E-state index in [2.05, 4.69) is 23.6 Å². The number of carbonyl (C=O) groups excluding carboxylic acids is 1. The Kier molecular flexibility index (Phi) is 5.14. The van der Waals surface area contributed by atoms with Gasteiger partial charge in [0.1, 0.15) is 11.4 Å². The van der Waals surface area contributed by atoms with Gasteiger partial charge in [0.05, 0.1) is 11.0 Å². The van der Waals surface area contributed by atoms with E-state index in [4.69, 9.17) is 4.98 Å². The van der Waals surface area contributed by atoms with Crippen molar-refractivity contribution in [3.8, 4) is 11.3 Å². The molecule has 26 heavy (non-hydrogen) atoms. The molecule has 0 aliphatic heterocycles. The standard InChI is InChI=1S/C21H21N3O.ClH/c1-3-14-23-16-12-8-9-13-17(16)24-20(18(25)4-2)19(22-21(23)24)15-10-6-5-7-11-15;/h5-13H,3-4,14H2,1-2H3;1H. The van der Waals surface area contributed by atoms with Gasteiger partial charge < -0.3 is 4.57 Å². The van der Waals surface area contributed by atoms with Crippen molar-refractivity contribution >= 4 is 35.0 Å². The molecule has 5 heteroatoms. The highest BCUT2D eigenvalue weighted by Crippen LogP contribution is 2.30. The van der Waals surface area contributed by atoms with Crippen LogP contribution in [0.1, 0.15) is 37.2 Å². The van der Waals surface area contributed by atoms with Gasteiger partial charge in [-0.05, 0) is 18.6 Å². The maximum absolute atomic E-state index is 12.8. The number of Topliss-reactive ketones (excluding diaryl/α,β-unsaturated/α-hetero) is 1. The minimum atomic E-state index is 0. The number of hydrogen-bond donors (Lipinski definition) is 0. The van der Waals surface area contributed by atoms with Crippen molar-refractivity contribution in [1.82, 2.24) is 14.0 Å². The lowest BCUT2D eigenvalue weighted by atomic mass is 10.1. The fraction of sp³-hybridized carbons (Fsp3) is 0.238. The van der Waals surface area contributed by atoms with Crippen molar-refractivity contribution in [2.45, 2.75) is 33.2 Å². The first-order chi connectivity index (χ1) is 12.3. The summed E-state index contributed by atoms with van der Waals surface area (Å²) >= 11 is 0. The molecule has 4 aromatic rings. The first kappa shape index (κ1) is 18.2. The van der Waals surface area contributed by atoms with E-state index in [0.717, 1.165) is 41.0 Å². The largest absolute Gasteiger partial charge is 0.310 e. The number of benzene rings is 2. The van der Waals surface area contributed by atoms with Gasteiger partial charge in [0.15, 0.2) is 5.78 Å². The number of para-hydroxylation sites is 2. The maximum atomic E-state index is 12.8. The molecule has 0 aliphatic carbocycles. The average molecular weight is 368 g/mol. The SMILES string of the molecule is CCCn1c2ccccc2n2c(C(=O)CC)c(-c3ccccc3)nc12.Cl. The van der Waals surface area contributed by atoms with Gasteiger partial charge in [0, 0.05) is 18.5 Å². The number of fused-ring (bicyclic) bond motifs is 3. The molecule has 2 aromatic carbocycles. The molecule has 2 aromatic heterocycles. The van der Waals surface area contributed by atoms with Crippen molar-refractivity contribution in [1.29, 1.82) is 0 Å². The van der Waals surface area contributed by atoms with Crippen LogP contribution in [-0.2, 0) is 6.54 Å². The number of ketones is 1. The molecule has 134 valence electrons. The van der Waals surface area contributed by atoms with Crippen LogP contribution in [-0.4, -0.2) is 19.7 Å². The quantitative estimate of drug-likeness (QED) is 0.444. The first-order valence-corrected chi connectivity index (χ1v) is 8.84. The highest BCUT2D eigenvalue weighted by molar-refractivity contribution is 6.03. The summed E-state index contributed by atoms with van der Waals surface area (Å²) in [6.45, 7) is 4.94. The fourth-order valence-corrected chi connectivity index (χ4v) is 3.47. The fourth-order valence-electron chi connectivity index (χ4n) is 3.47.